The predicted octanol–water partition coefficient (Wildman–Crippen LogP) is -0.392. The number of carbonyl (C=O) groups excluding carboxylic acids is 1. The van der Waals surface area contributed by atoms with Gasteiger partial charge in [-0.1, -0.05) is 0 Å². The summed E-state index contributed by atoms with van der Waals surface area (Å²) in [5, 5.41) is 0. The predicted molar refractivity (Wildman–Crippen MR) is 62.5 cm³/mol. The summed E-state index contributed by atoms with van der Waals surface area (Å²) in [4.78, 5) is 18.1. The Balaban J connectivity index is 2.15. The van der Waals surface area contributed by atoms with Crippen molar-refractivity contribution in [3.63, 3.8) is 0 Å². The van der Waals surface area contributed by atoms with E-state index < -0.39 is 0 Å². The Morgan fingerprint density at radius 3 is 3.06 bits per heavy atom. The molecule has 2 N–H and O–H groups in total. The highest BCUT2D eigenvalue weighted by Crippen LogP contribution is 2.14. The van der Waals surface area contributed by atoms with E-state index in [0.29, 0.717) is 25.4 Å². The van der Waals surface area contributed by atoms with E-state index in [4.69, 9.17) is 10.5 Å². The Labute approximate surface area is 100 Å². The minimum atomic E-state index is -0.0663. The summed E-state index contributed by atoms with van der Waals surface area (Å²) >= 11 is 0. The molecule has 94 valence electrons. The lowest BCUT2D eigenvalue weighted by Gasteiger charge is -2.37. The van der Waals surface area contributed by atoms with E-state index in [0.717, 1.165) is 0 Å². The average Bonchev–Trinajstić information content (AvgIpc) is 2.75. The van der Waals surface area contributed by atoms with E-state index in [1.165, 1.54) is 0 Å². The molecule has 0 spiro atoms. The van der Waals surface area contributed by atoms with Crippen LogP contribution in [0.1, 0.15) is 17.4 Å². The molecule has 1 aromatic rings. The number of hydrogen-bond acceptors (Lipinski definition) is 4. The third-order valence-corrected chi connectivity index (χ3v) is 3.07. The molecule has 1 aliphatic heterocycles. The standard InChI is InChI=1S/C11H18N4O2/c1-8-6-17-9(3-12)5-15(8)11(16)10-4-13-7-14(10)2/h4,7-9H,3,5-6,12H2,1-2H3. The fraction of sp³-hybridized carbons (Fsp3) is 0.636. The summed E-state index contributed by atoms with van der Waals surface area (Å²) < 4.78 is 7.25. The molecule has 2 rings (SSSR count). The van der Waals surface area contributed by atoms with Gasteiger partial charge in [-0.05, 0) is 6.92 Å². The molecule has 2 atom stereocenters. The second-order valence-corrected chi connectivity index (χ2v) is 4.39. The van der Waals surface area contributed by atoms with Crippen LogP contribution in [0.5, 0.6) is 0 Å². The molecule has 1 fully saturated rings. The SMILES string of the molecule is CC1COC(CN)CN1C(=O)c1cncn1C. The van der Waals surface area contributed by atoms with Crippen LogP contribution in [-0.4, -0.2) is 52.2 Å². The molecular weight excluding hydrogens is 220 g/mol. The lowest BCUT2D eigenvalue weighted by atomic mass is 10.2. The van der Waals surface area contributed by atoms with Gasteiger partial charge in [-0.25, -0.2) is 4.98 Å². The van der Waals surface area contributed by atoms with Gasteiger partial charge in [0.2, 0.25) is 0 Å². The number of nitrogens with two attached hydrogens (primary N) is 1. The van der Waals surface area contributed by atoms with Crippen molar-refractivity contribution < 1.29 is 9.53 Å². The first-order valence-electron chi connectivity index (χ1n) is 5.72. The number of ether oxygens (including phenoxy) is 1. The van der Waals surface area contributed by atoms with Crippen molar-refractivity contribution >= 4 is 5.91 Å². The maximum Gasteiger partial charge on any atom is 0.272 e. The maximum absolute atomic E-state index is 12.3. The highest BCUT2D eigenvalue weighted by Gasteiger charge is 2.30. The van der Waals surface area contributed by atoms with Crippen LogP contribution < -0.4 is 5.73 Å². The zero-order chi connectivity index (χ0) is 12.4. The van der Waals surface area contributed by atoms with Crippen LogP contribution in [0.15, 0.2) is 12.5 Å². The lowest BCUT2D eigenvalue weighted by molar-refractivity contribution is -0.0429. The molecule has 0 radical (unpaired) electrons. The second-order valence-electron chi connectivity index (χ2n) is 4.39. The molecule has 1 amide bonds. The van der Waals surface area contributed by atoms with Gasteiger partial charge in [0.15, 0.2) is 0 Å². The maximum atomic E-state index is 12.3. The first-order chi connectivity index (χ1) is 8.13. The topological polar surface area (TPSA) is 73.4 Å². The number of nitrogens with zero attached hydrogens (tertiary/aromatic N) is 3. The van der Waals surface area contributed by atoms with Gasteiger partial charge in [0.1, 0.15) is 5.69 Å². The molecule has 2 unspecified atom stereocenters. The molecule has 1 aliphatic rings. The zero-order valence-electron chi connectivity index (χ0n) is 10.2. The normalized spacial score (nSPS) is 25.0. The Morgan fingerprint density at radius 2 is 2.47 bits per heavy atom. The van der Waals surface area contributed by atoms with Crippen molar-refractivity contribution in [1.29, 1.82) is 0 Å². The van der Waals surface area contributed by atoms with E-state index in [1.807, 2.05) is 14.0 Å². The van der Waals surface area contributed by atoms with Crippen LogP contribution in [0.4, 0.5) is 0 Å². The van der Waals surface area contributed by atoms with Crippen molar-refractivity contribution in [2.24, 2.45) is 12.8 Å². The first kappa shape index (κ1) is 12.1. The van der Waals surface area contributed by atoms with Crippen LogP contribution in [-0.2, 0) is 11.8 Å². The second kappa shape index (κ2) is 4.85. The summed E-state index contributed by atoms with van der Waals surface area (Å²) in [6, 6.07) is 0.0696. The van der Waals surface area contributed by atoms with E-state index in [2.05, 4.69) is 4.98 Å². The third-order valence-electron chi connectivity index (χ3n) is 3.07. The summed E-state index contributed by atoms with van der Waals surface area (Å²) in [5.74, 6) is -0.0146. The van der Waals surface area contributed by atoms with Gasteiger partial charge in [-0.15, -0.1) is 0 Å². The highest BCUT2D eigenvalue weighted by molar-refractivity contribution is 5.92. The lowest BCUT2D eigenvalue weighted by Crippen LogP contribution is -2.53. The molecule has 2 heterocycles. The number of imidazole rings is 1. The van der Waals surface area contributed by atoms with Crippen molar-refractivity contribution in [3.05, 3.63) is 18.2 Å². The Bertz CT molecular complexity index is 404. The first-order valence-corrected chi connectivity index (χ1v) is 5.72. The number of rotatable bonds is 2. The smallest absolute Gasteiger partial charge is 0.272 e. The van der Waals surface area contributed by atoms with Crippen LogP contribution in [0.25, 0.3) is 0 Å². The summed E-state index contributed by atoms with van der Waals surface area (Å²) in [6.07, 6.45) is 3.14. The molecule has 1 aromatic heterocycles. The highest BCUT2D eigenvalue weighted by atomic mass is 16.5. The van der Waals surface area contributed by atoms with Gasteiger partial charge in [0.25, 0.3) is 5.91 Å². The van der Waals surface area contributed by atoms with Crippen molar-refractivity contribution in [2.75, 3.05) is 19.7 Å². The average molecular weight is 238 g/mol. The molecule has 6 nitrogen and oxygen atoms in total. The Hall–Kier alpha value is -1.40. The van der Waals surface area contributed by atoms with E-state index >= 15 is 0 Å². The molecule has 0 aromatic carbocycles. The van der Waals surface area contributed by atoms with Crippen molar-refractivity contribution in [1.82, 2.24) is 14.5 Å². The molecule has 0 saturated carbocycles. The van der Waals surface area contributed by atoms with E-state index in [1.54, 1.807) is 22.0 Å². The summed E-state index contributed by atoms with van der Waals surface area (Å²) in [7, 11) is 1.81. The molecule has 6 heteroatoms. The van der Waals surface area contributed by atoms with Crippen LogP contribution in [0, 0.1) is 0 Å². The van der Waals surface area contributed by atoms with E-state index in [9.17, 15) is 4.79 Å². The monoisotopic (exact) mass is 238 g/mol. The number of amides is 1. The Kier molecular flexibility index (Phi) is 3.44. The van der Waals surface area contributed by atoms with Gasteiger partial charge >= 0.3 is 0 Å². The number of aryl methyl sites for hydroxylation is 1. The van der Waals surface area contributed by atoms with Gasteiger partial charge < -0.3 is 19.9 Å². The van der Waals surface area contributed by atoms with Crippen LogP contribution >= 0.6 is 0 Å². The van der Waals surface area contributed by atoms with Gasteiger partial charge in [0.05, 0.1) is 31.3 Å². The van der Waals surface area contributed by atoms with Gasteiger partial charge in [0, 0.05) is 20.1 Å². The quantitative estimate of drug-likeness (QED) is 0.761. The summed E-state index contributed by atoms with van der Waals surface area (Å²) in [5.41, 5.74) is 6.17. The van der Waals surface area contributed by atoms with Crippen molar-refractivity contribution in [3.8, 4) is 0 Å². The molecule has 1 saturated heterocycles. The minimum Gasteiger partial charge on any atom is -0.373 e. The molecular formula is C11H18N4O2. The molecule has 0 bridgehead atoms. The molecule has 17 heavy (non-hydrogen) atoms. The fourth-order valence-electron chi connectivity index (χ4n) is 1.95. The molecule has 0 aliphatic carbocycles. The van der Waals surface area contributed by atoms with Gasteiger partial charge in [-0.2, -0.15) is 0 Å². The number of hydrogen-bond donors (Lipinski definition) is 1. The largest absolute Gasteiger partial charge is 0.373 e. The van der Waals surface area contributed by atoms with Crippen LogP contribution in [0.3, 0.4) is 0 Å². The summed E-state index contributed by atoms with van der Waals surface area (Å²) in [6.45, 7) is 3.48. The number of carbonyl (C=O) groups is 1. The van der Waals surface area contributed by atoms with Crippen molar-refractivity contribution in [2.45, 2.75) is 19.1 Å². The van der Waals surface area contributed by atoms with Crippen LogP contribution in [0.2, 0.25) is 0 Å². The number of aromatic nitrogens is 2. The third kappa shape index (κ3) is 2.32. The van der Waals surface area contributed by atoms with E-state index in [-0.39, 0.29) is 18.1 Å². The Morgan fingerprint density at radius 1 is 1.71 bits per heavy atom. The zero-order valence-corrected chi connectivity index (χ0v) is 10.2. The van der Waals surface area contributed by atoms with Gasteiger partial charge in [-0.3, -0.25) is 4.79 Å². The number of morpholine rings is 1. The fourth-order valence-corrected chi connectivity index (χ4v) is 1.95. The minimum absolute atomic E-state index is 0.0146.